The number of anilines is 2. The van der Waals surface area contributed by atoms with Crippen molar-refractivity contribution in [2.75, 3.05) is 84.3 Å². The minimum absolute atomic E-state index is 0.0909. The third-order valence-electron chi connectivity index (χ3n) is 8.67. The van der Waals surface area contributed by atoms with Crippen molar-refractivity contribution in [1.82, 2.24) is 9.80 Å². The Morgan fingerprint density at radius 2 is 1.66 bits per heavy atom. The third kappa shape index (κ3) is 9.42. The Bertz CT molecular complexity index is 1550. The molecule has 0 N–H and O–H groups in total. The van der Waals surface area contributed by atoms with E-state index in [1.165, 1.54) is 24.2 Å². The number of hydrogen-bond acceptors (Lipinski definition) is 6. The van der Waals surface area contributed by atoms with Crippen LogP contribution in [0.25, 0.3) is 0 Å². The summed E-state index contributed by atoms with van der Waals surface area (Å²) in [5, 5.41) is 2.72. The van der Waals surface area contributed by atoms with Crippen molar-refractivity contribution in [3.8, 4) is 11.5 Å². The number of ether oxygens (including phenoxy) is 1. The summed E-state index contributed by atoms with van der Waals surface area (Å²) < 4.78 is 7.11. The number of hydrogen-bond donors (Lipinski definition) is 0. The van der Waals surface area contributed by atoms with Crippen LogP contribution in [0.4, 0.5) is 11.4 Å². The van der Waals surface area contributed by atoms with Crippen LogP contribution in [0.2, 0.25) is 10.0 Å². The van der Waals surface area contributed by atoms with Crippen LogP contribution in [-0.2, 0) is 11.2 Å². The summed E-state index contributed by atoms with van der Waals surface area (Å²) in [4.78, 5) is 36.2. The maximum absolute atomic E-state index is 13.9. The van der Waals surface area contributed by atoms with Gasteiger partial charge < -0.3 is 28.8 Å². The molecule has 1 saturated carbocycles. The summed E-state index contributed by atoms with van der Waals surface area (Å²) in [6.45, 7) is 4.84. The van der Waals surface area contributed by atoms with Gasteiger partial charge in [0.1, 0.15) is 10.6 Å². The average molecular weight is 702 g/mol. The molecular weight excluding hydrogens is 653 g/mol. The van der Waals surface area contributed by atoms with E-state index in [9.17, 15) is 9.59 Å². The van der Waals surface area contributed by atoms with E-state index in [4.69, 9.17) is 27.9 Å². The Kier molecular flexibility index (Phi) is 11.8. The number of quaternary nitrogens is 1. The first-order valence-electron chi connectivity index (χ1n) is 16.5. The zero-order valence-corrected chi connectivity index (χ0v) is 30.6. The van der Waals surface area contributed by atoms with Gasteiger partial charge in [-0.15, -0.1) is 11.3 Å². The molecule has 2 aromatic carbocycles. The number of amides is 2. The number of benzene rings is 2. The van der Waals surface area contributed by atoms with Crippen LogP contribution in [-0.4, -0.2) is 107 Å². The Morgan fingerprint density at radius 1 is 0.936 bits per heavy atom. The molecule has 0 unspecified atom stereocenters. The molecule has 0 radical (unpaired) electrons. The van der Waals surface area contributed by atoms with Crippen LogP contribution in [0.3, 0.4) is 0 Å². The first-order chi connectivity index (χ1) is 22.4. The number of carbonyl (C=O) groups is 2. The predicted molar refractivity (Wildman–Crippen MR) is 195 cm³/mol. The monoisotopic (exact) mass is 700 g/mol. The second-order valence-electron chi connectivity index (χ2n) is 13.9. The molecule has 1 aliphatic heterocycles. The van der Waals surface area contributed by atoms with E-state index in [1.54, 1.807) is 18.2 Å². The molecule has 254 valence electrons. The lowest BCUT2D eigenvalue weighted by Crippen LogP contribution is -2.44. The average Bonchev–Trinajstić information content (AvgIpc) is 3.77. The molecule has 1 aliphatic carbocycles. The molecule has 0 bridgehead atoms. The van der Waals surface area contributed by atoms with E-state index in [1.807, 2.05) is 33.4 Å². The van der Waals surface area contributed by atoms with Crippen molar-refractivity contribution in [1.29, 1.82) is 0 Å². The lowest BCUT2D eigenvalue weighted by Gasteiger charge is -2.37. The summed E-state index contributed by atoms with van der Waals surface area (Å²) in [5.41, 5.74) is 2.83. The minimum Gasteiger partial charge on any atom is -0.454 e. The number of halogens is 2. The highest BCUT2D eigenvalue weighted by Gasteiger charge is 2.36. The number of aryl methyl sites for hydroxylation is 1. The maximum atomic E-state index is 13.9. The molecule has 11 heteroatoms. The highest BCUT2D eigenvalue weighted by Crippen LogP contribution is 2.42. The van der Waals surface area contributed by atoms with Crippen LogP contribution < -0.4 is 14.5 Å². The fourth-order valence-corrected chi connectivity index (χ4v) is 7.29. The van der Waals surface area contributed by atoms with Crippen LogP contribution in [0.1, 0.15) is 47.3 Å². The fraction of sp³-hybridized carbons (Fsp3) is 0.500. The van der Waals surface area contributed by atoms with Crippen molar-refractivity contribution < 1.29 is 18.8 Å². The molecule has 3 aromatic rings. The van der Waals surface area contributed by atoms with Gasteiger partial charge in [-0.1, -0.05) is 35.3 Å². The molecule has 0 atom stereocenters. The molecule has 0 saturated heterocycles. The van der Waals surface area contributed by atoms with Gasteiger partial charge in [-0.2, -0.15) is 0 Å². The zero-order valence-electron chi connectivity index (χ0n) is 28.3. The smallest absolute Gasteiger partial charge is 0.272 e. The predicted octanol–water partition coefficient (Wildman–Crippen LogP) is 7.29. The summed E-state index contributed by atoms with van der Waals surface area (Å²) in [6.07, 6.45) is 5.11. The summed E-state index contributed by atoms with van der Waals surface area (Å²) in [5.74, 6) is 0.861. The van der Waals surface area contributed by atoms with Crippen molar-refractivity contribution in [2.24, 2.45) is 0 Å². The standard InChI is InChI=1S/C36H48Cl2N5O3S/c1-39(2)17-8-18-40(19-9-22-43(3,4)5)34(44)15-12-26-24-29(38)33(25-28(26)37)46-32-16-23-47-35(32)36(45)42-21-20-41(27-13-14-27)30-10-6-7-11-31(30)42/h6-7,10-11,16,23-25,27H,8-9,12-15,17-22H2,1-5H3/q+1. The SMILES string of the molecule is CN(C)CCCN(CCC[N+](C)(C)C)C(=O)CCc1cc(Cl)c(Oc2ccsc2C(=O)N2CCN(C3CC3)c3ccccc32)cc1Cl. The van der Waals surface area contributed by atoms with Gasteiger partial charge in [0.2, 0.25) is 5.91 Å². The molecular formula is C36H48Cl2N5O3S+. The van der Waals surface area contributed by atoms with E-state index in [0.717, 1.165) is 67.0 Å². The largest absolute Gasteiger partial charge is 0.454 e. The minimum atomic E-state index is -0.0909. The first kappa shape index (κ1) is 35.5. The number of carbonyl (C=O) groups excluding carboxylic acids is 2. The van der Waals surface area contributed by atoms with Crippen molar-refractivity contribution >= 4 is 57.7 Å². The van der Waals surface area contributed by atoms with E-state index >= 15 is 0 Å². The highest BCUT2D eigenvalue weighted by molar-refractivity contribution is 7.12. The van der Waals surface area contributed by atoms with E-state index in [0.29, 0.717) is 51.8 Å². The molecule has 2 amide bonds. The first-order valence-corrected chi connectivity index (χ1v) is 18.2. The number of rotatable bonds is 15. The van der Waals surface area contributed by atoms with E-state index in [-0.39, 0.29) is 11.8 Å². The number of fused-ring (bicyclic) bond motifs is 1. The van der Waals surface area contributed by atoms with Crippen LogP contribution in [0.15, 0.2) is 47.8 Å². The van der Waals surface area contributed by atoms with Gasteiger partial charge in [0.05, 0.1) is 44.1 Å². The van der Waals surface area contributed by atoms with E-state index in [2.05, 4.69) is 51.1 Å². The molecule has 1 fully saturated rings. The van der Waals surface area contributed by atoms with Gasteiger partial charge in [-0.3, -0.25) is 9.59 Å². The Hall–Kier alpha value is -2.82. The fourth-order valence-electron chi connectivity index (χ4n) is 6.05. The molecule has 2 aliphatic rings. The Balaban J connectivity index is 1.24. The lowest BCUT2D eigenvalue weighted by atomic mass is 10.1. The van der Waals surface area contributed by atoms with Gasteiger partial charge in [0, 0.05) is 56.2 Å². The van der Waals surface area contributed by atoms with Gasteiger partial charge in [-0.25, -0.2) is 0 Å². The maximum Gasteiger partial charge on any atom is 0.272 e. The quantitative estimate of drug-likeness (QED) is 0.156. The summed E-state index contributed by atoms with van der Waals surface area (Å²) in [7, 11) is 10.6. The summed E-state index contributed by atoms with van der Waals surface area (Å²) >= 11 is 14.8. The molecule has 47 heavy (non-hydrogen) atoms. The zero-order chi connectivity index (χ0) is 33.7. The molecule has 1 aromatic heterocycles. The second-order valence-corrected chi connectivity index (χ2v) is 15.6. The van der Waals surface area contributed by atoms with Gasteiger partial charge in [0.25, 0.3) is 5.91 Å². The van der Waals surface area contributed by atoms with Gasteiger partial charge in [0.15, 0.2) is 5.75 Å². The highest BCUT2D eigenvalue weighted by atomic mass is 35.5. The third-order valence-corrected chi connectivity index (χ3v) is 10.2. The van der Waals surface area contributed by atoms with Crippen LogP contribution in [0.5, 0.6) is 11.5 Å². The molecule has 0 spiro atoms. The van der Waals surface area contributed by atoms with Crippen LogP contribution >= 0.6 is 34.5 Å². The molecule has 5 rings (SSSR count). The number of thiophene rings is 1. The molecule has 8 nitrogen and oxygen atoms in total. The lowest BCUT2D eigenvalue weighted by molar-refractivity contribution is -0.870. The molecule has 2 heterocycles. The Morgan fingerprint density at radius 3 is 2.36 bits per heavy atom. The van der Waals surface area contributed by atoms with Crippen molar-refractivity contribution in [3.63, 3.8) is 0 Å². The summed E-state index contributed by atoms with van der Waals surface area (Å²) in [6, 6.07) is 14.0. The number of nitrogens with zero attached hydrogens (tertiary/aromatic N) is 5. The van der Waals surface area contributed by atoms with E-state index < -0.39 is 0 Å². The van der Waals surface area contributed by atoms with Crippen LogP contribution in [0, 0.1) is 0 Å². The van der Waals surface area contributed by atoms with Crippen molar-refractivity contribution in [3.05, 3.63) is 68.3 Å². The van der Waals surface area contributed by atoms with Crippen molar-refractivity contribution in [2.45, 2.75) is 44.6 Å². The van der Waals surface area contributed by atoms with Gasteiger partial charge in [-0.05, 0) is 81.5 Å². The van der Waals surface area contributed by atoms with Gasteiger partial charge >= 0.3 is 0 Å². The number of para-hydroxylation sites is 2. The second kappa shape index (κ2) is 15.6. The Labute approximate surface area is 294 Å². The normalized spacial score (nSPS) is 14.8. The topological polar surface area (TPSA) is 56.3 Å².